The second-order valence-corrected chi connectivity index (χ2v) is 8.28. The summed E-state index contributed by atoms with van der Waals surface area (Å²) in [6.45, 7) is 6.05. The Labute approximate surface area is 147 Å². The third kappa shape index (κ3) is 2.13. The van der Waals surface area contributed by atoms with Crippen LogP contribution in [0.3, 0.4) is 0 Å². The van der Waals surface area contributed by atoms with Crippen molar-refractivity contribution in [3.05, 3.63) is 0 Å². The Kier molecular flexibility index (Phi) is 3.94. The number of esters is 1. The van der Waals surface area contributed by atoms with Crippen molar-refractivity contribution in [3.63, 3.8) is 0 Å². The van der Waals surface area contributed by atoms with Crippen LogP contribution in [0.15, 0.2) is 0 Å². The predicted octanol–water partition coefficient (Wildman–Crippen LogP) is 2.77. The van der Waals surface area contributed by atoms with Crippen LogP contribution in [-0.4, -0.2) is 41.7 Å². The van der Waals surface area contributed by atoms with Gasteiger partial charge in [0.2, 0.25) is 5.79 Å². The molecule has 0 aromatic carbocycles. The zero-order valence-electron chi connectivity index (χ0n) is 14.4. The highest BCUT2D eigenvalue weighted by atomic mass is 35.5. The molecule has 7 atom stereocenters. The molecule has 1 unspecified atom stereocenters. The van der Waals surface area contributed by atoms with Gasteiger partial charge in [-0.25, -0.2) is 14.6 Å². The standard InChI is InChI=1S/C17H25ClO6/c1-10-4-5-12-16(3,13(19)20-9-8-18)22-14-17(12)11(10)6-7-15(2,21-14)23-24-17/h10-12,14H,4-9H2,1-3H3/t10-,11+,12?,14+,15-,16+,17-/m1/s1. The van der Waals surface area contributed by atoms with Crippen molar-refractivity contribution >= 4 is 17.6 Å². The molecule has 4 aliphatic heterocycles. The Balaban J connectivity index is 1.74. The molecular formula is C17H25ClO6. The third-order valence-electron chi connectivity index (χ3n) is 6.45. The zero-order chi connectivity index (χ0) is 17.2. The second kappa shape index (κ2) is 5.55. The van der Waals surface area contributed by atoms with Gasteiger partial charge >= 0.3 is 5.97 Å². The van der Waals surface area contributed by atoms with E-state index in [1.165, 1.54) is 0 Å². The maximum Gasteiger partial charge on any atom is 0.338 e. The van der Waals surface area contributed by atoms with Crippen molar-refractivity contribution in [3.8, 4) is 0 Å². The van der Waals surface area contributed by atoms with Gasteiger partial charge in [0.1, 0.15) is 6.61 Å². The van der Waals surface area contributed by atoms with Gasteiger partial charge in [0, 0.05) is 12.3 Å². The van der Waals surface area contributed by atoms with E-state index in [1.54, 1.807) is 6.92 Å². The largest absolute Gasteiger partial charge is 0.462 e. The van der Waals surface area contributed by atoms with Crippen LogP contribution in [0.5, 0.6) is 0 Å². The number of rotatable bonds is 3. The van der Waals surface area contributed by atoms with Crippen molar-refractivity contribution in [2.24, 2.45) is 17.8 Å². The summed E-state index contributed by atoms with van der Waals surface area (Å²) in [7, 11) is 0. The van der Waals surface area contributed by atoms with Crippen LogP contribution >= 0.6 is 11.6 Å². The molecule has 0 N–H and O–H groups in total. The first-order valence-electron chi connectivity index (χ1n) is 8.81. The Morgan fingerprint density at radius 3 is 2.75 bits per heavy atom. The topological polar surface area (TPSA) is 63.2 Å². The molecular weight excluding hydrogens is 336 g/mol. The summed E-state index contributed by atoms with van der Waals surface area (Å²) in [5.74, 6) is -0.446. The number of fused-ring (bicyclic) bond motifs is 2. The summed E-state index contributed by atoms with van der Waals surface area (Å²) in [4.78, 5) is 24.4. The van der Waals surface area contributed by atoms with E-state index in [4.69, 9.17) is 35.6 Å². The third-order valence-corrected chi connectivity index (χ3v) is 6.60. The number of hydrogen-bond acceptors (Lipinski definition) is 6. The van der Waals surface area contributed by atoms with E-state index in [2.05, 4.69) is 6.92 Å². The SMILES string of the molecule is C[C@@H]1CCC2[C@]34OO[C@](C)(CC[C@@H]13)O[C@H]4O[C@]2(C)C(=O)OCCCl. The Hall–Kier alpha value is -0.400. The second-order valence-electron chi connectivity index (χ2n) is 7.91. The van der Waals surface area contributed by atoms with Gasteiger partial charge in [0.05, 0.1) is 5.88 Å². The Morgan fingerprint density at radius 2 is 2.00 bits per heavy atom. The van der Waals surface area contributed by atoms with Crippen LogP contribution in [0.1, 0.15) is 46.5 Å². The van der Waals surface area contributed by atoms with Crippen molar-refractivity contribution in [1.82, 2.24) is 0 Å². The molecule has 4 saturated heterocycles. The zero-order valence-corrected chi connectivity index (χ0v) is 15.1. The van der Waals surface area contributed by atoms with Crippen molar-refractivity contribution in [2.45, 2.75) is 69.7 Å². The van der Waals surface area contributed by atoms with Gasteiger partial charge in [-0.3, -0.25) is 0 Å². The molecule has 0 aromatic rings. The molecule has 1 spiro atoms. The van der Waals surface area contributed by atoms with E-state index in [-0.39, 0.29) is 24.3 Å². The monoisotopic (exact) mass is 360 g/mol. The fourth-order valence-corrected chi connectivity index (χ4v) is 5.25. The number of carbonyl (C=O) groups excluding carboxylic acids is 1. The normalized spacial score (nSPS) is 52.7. The van der Waals surface area contributed by atoms with Crippen LogP contribution in [-0.2, 0) is 28.8 Å². The number of carbonyl (C=O) groups is 1. The fourth-order valence-electron chi connectivity index (χ4n) is 5.18. The van der Waals surface area contributed by atoms with E-state index in [0.29, 0.717) is 5.92 Å². The lowest BCUT2D eigenvalue weighted by Gasteiger charge is -2.50. The van der Waals surface area contributed by atoms with E-state index in [1.807, 2.05) is 6.92 Å². The van der Waals surface area contributed by atoms with Crippen LogP contribution < -0.4 is 0 Å². The maximum absolute atomic E-state index is 12.7. The van der Waals surface area contributed by atoms with Gasteiger partial charge < -0.3 is 14.2 Å². The van der Waals surface area contributed by atoms with Crippen molar-refractivity contribution in [1.29, 1.82) is 0 Å². The maximum atomic E-state index is 12.7. The smallest absolute Gasteiger partial charge is 0.338 e. The predicted molar refractivity (Wildman–Crippen MR) is 84.0 cm³/mol. The first-order chi connectivity index (χ1) is 11.4. The lowest BCUT2D eigenvalue weighted by Crippen LogP contribution is -2.62. The van der Waals surface area contributed by atoms with E-state index in [0.717, 1.165) is 25.7 Å². The van der Waals surface area contributed by atoms with Gasteiger partial charge in [-0.1, -0.05) is 6.92 Å². The summed E-state index contributed by atoms with van der Waals surface area (Å²) in [6.07, 6.45) is 2.89. The molecule has 5 fully saturated rings. The molecule has 2 bridgehead atoms. The molecule has 24 heavy (non-hydrogen) atoms. The summed E-state index contributed by atoms with van der Waals surface area (Å²) in [6, 6.07) is 0. The van der Waals surface area contributed by atoms with Gasteiger partial charge in [-0.05, 0) is 44.9 Å². The Bertz CT molecular complexity index is 543. The lowest BCUT2D eigenvalue weighted by molar-refractivity contribution is -0.541. The highest BCUT2D eigenvalue weighted by Crippen LogP contribution is 2.63. The molecule has 136 valence electrons. The average Bonchev–Trinajstić information content (AvgIpc) is 2.64. The molecule has 1 aliphatic carbocycles. The summed E-state index contributed by atoms with van der Waals surface area (Å²) in [5.41, 5.74) is -1.86. The first-order valence-corrected chi connectivity index (χ1v) is 9.35. The van der Waals surface area contributed by atoms with Crippen LogP contribution in [0.4, 0.5) is 0 Å². The minimum Gasteiger partial charge on any atom is -0.462 e. The molecule has 5 rings (SSSR count). The van der Waals surface area contributed by atoms with Crippen molar-refractivity contribution in [2.75, 3.05) is 12.5 Å². The number of hydrogen-bond donors (Lipinski definition) is 0. The van der Waals surface area contributed by atoms with Gasteiger partial charge in [0.25, 0.3) is 0 Å². The highest BCUT2D eigenvalue weighted by Gasteiger charge is 2.76. The van der Waals surface area contributed by atoms with Gasteiger partial charge in [-0.15, -0.1) is 11.6 Å². The van der Waals surface area contributed by atoms with Gasteiger partial charge in [0.15, 0.2) is 17.5 Å². The number of alkyl halides is 1. The molecule has 0 radical (unpaired) electrons. The molecule has 0 aromatic heterocycles. The van der Waals surface area contributed by atoms with Crippen LogP contribution in [0, 0.1) is 17.8 Å². The van der Waals surface area contributed by atoms with Crippen LogP contribution in [0.25, 0.3) is 0 Å². The molecule has 7 heteroatoms. The molecule has 4 heterocycles. The van der Waals surface area contributed by atoms with Crippen LogP contribution in [0.2, 0.25) is 0 Å². The summed E-state index contributed by atoms with van der Waals surface area (Å²) in [5, 5.41) is 0. The Morgan fingerprint density at radius 1 is 1.21 bits per heavy atom. The fraction of sp³-hybridized carbons (Fsp3) is 0.941. The minimum atomic E-state index is -1.11. The average molecular weight is 361 g/mol. The minimum absolute atomic E-state index is 0.165. The van der Waals surface area contributed by atoms with E-state index < -0.39 is 29.2 Å². The highest BCUT2D eigenvalue weighted by molar-refractivity contribution is 6.18. The molecule has 5 aliphatic rings. The number of halogens is 1. The van der Waals surface area contributed by atoms with E-state index >= 15 is 0 Å². The summed E-state index contributed by atoms with van der Waals surface area (Å²) < 4.78 is 17.7. The van der Waals surface area contributed by atoms with Gasteiger partial charge in [-0.2, -0.15) is 0 Å². The van der Waals surface area contributed by atoms with Crippen molar-refractivity contribution < 1.29 is 28.8 Å². The quantitative estimate of drug-likeness (QED) is 0.438. The number of ether oxygens (including phenoxy) is 3. The molecule has 6 nitrogen and oxygen atoms in total. The lowest BCUT2D eigenvalue weighted by atomic mass is 9.60. The van der Waals surface area contributed by atoms with E-state index in [9.17, 15) is 4.79 Å². The molecule has 1 saturated carbocycles. The molecule has 0 amide bonds. The summed E-state index contributed by atoms with van der Waals surface area (Å²) >= 11 is 5.66. The first kappa shape index (κ1) is 17.0.